The lowest BCUT2D eigenvalue weighted by molar-refractivity contribution is 0.103. The van der Waals surface area contributed by atoms with E-state index >= 15 is 0 Å². The molecular weight excluding hydrogens is 246 g/mol. The van der Waals surface area contributed by atoms with Gasteiger partial charge in [0.2, 0.25) is 0 Å². The van der Waals surface area contributed by atoms with Gasteiger partial charge in [0.25, 0.3) is 0 Å². The Morgan fingerprint density at radius 1 is 1.30 bits per heavy atom. The summed E-state index contributed by atoms with van der Waals surface area (Å²) in [6.07, 6.45) is 5.96. The van der Waals surface area contributed by atoms with E-state index in [-0.39, 0.29) is 11.3 Å². The van der Waals surface area contributed by atoms with Gasteiger partial charge in [-0.1, -0.05) is 43.0 Å². The van der Waals surface area contributed by atoms with E-state index in [2.05, 4.69) is 25.0 Å². The van der Waals surface area contributed by atoms with Crippen LogP contribution in [-0.4, -0.2) is 10.4 Å². The number of benzene rings is 1. The van der Waals surface area contributed by atoms with E-state index in [4.69, 9.17) is 0 Å². The number of nitrogens with zero attached hydrogens (tertiary/aromatic N) is 1. The molecule has 0 saturated heterocycles. The molecule has 2 nitrogen and oxygen atoms in total. The summed E-state index contributed by atoms with van der Waals surface area (Å²) in [4.78, 5) is 12.7. The van der Waals surface area contributed by atoms with Crippen molar-refractivity contribution < 1.29 is 4.79 Å². The maximum absolute atomic E-state index is 12.7. The second-order valence-corrected chi connectivity index (χ2v) is 5.98. The Labute approximate surface area is 119 Å². The Kier molecular flexibility index (Phi) is 2.89. The van der Waals surface area contributed by atoms with E-state index < -0.39 is 0 Å². The topological polar surface area (TPSA) is 22.0 Å². The van der Waals surface area contributed by atoms with E-state index in [0.717, 1.165) is 29.5 Å². The summed E-state index contributed by atoms with van der Waals surface area (Å²) in [7, 11) is 0. The molecule has 0 unspecified atom stereocenters. The number of aromatic nitrogens is 1. The van der Waals surface area contributed by atoms with Crippen molar-refractivity contribution in [3.63, 3.8) is 0 Å². The number of carbonyl (C=O) groups excluding carboxylic acids is 1. The van der Waals surface area contributed by atoms with E-state index in [1.54, 1.807) is 0 Å². The maximum atomic E-state index is 12.7. The first-order valence-electron chi connectivity index (χ1n) is 7.01. The molecule has 1 aromatic carbocycles. The average molecular weight is 265 g/mol. The number of ketones is 1. The van der Waals surface area contributed by atoms with Crippen LogP contribution in [-0.2, 0) is 12.0 Å². The van der Waals surface area contributed by atoms with Gasteiger partial charge < -0.3 is 4.57 Å². The summed E-state index contributed by atoms with van der Waals surface area (Å²) in [5, 5.41) is 0. The van der Waals surface area contributed by atoms with E-state index in [9.17, 15) is 4.79 Å². The van der Waals surface area contributed by atoms with Crippen molar-refractivity contribution in [1.29, 1.82) is 0 Å². The number of hydrogen-bond donors (Lipinski definition) is 0. The summed E-state index contributed by atoms with van der Waals surface area (Å²) >= 11 is 0. The molecule has 0 spiro atoms. The van der Waals surface area contributed by atoms with Gasteiger partial charge in [0, 0.05) is 34.1 Å². The first-order valence-corrected chi connectivity index (χ1v) is 7.01. The highest BCUT2D eigenvalue weighted by Crippen LogP contribution is 2.37. The SMILES string of the molecule is C=Cc1c(C(=O)c2ccccc2)cn2c1CCC2(C)C. The zero-order valence-electron chi connectivity index (χ0n) is 12.0. The van der Waals surface area contributed by atoms with E-state index in [0.29, 0.717) is 0 Å². The Balaban J connectivity index is 2.12. The number of rotatable bonds is 3. The molecule has 0 aliphatic carbocycles. The third-order valence-electron chi connectivity index (χ3n) is 4.26. The number of fused-ring (bicyclic) bond motifs is 1. The first-order chi connectivity index (χ1) is 9.54. The van der Waals surface area contributed by atoms with Gasteiger partial charge in [-0.05, 0) is 26.7 Å². The van der Waals surface area contributed by atoms with Gasteiger partial charge in [-0.3, -0.25) is 4.79 Å². The van der Waals surface area contributed by atoms with Crippen LogP contribution in [0.15, 0.2) is 43.1 Å². The van der Waals surface area contributed by atoms with E-state index in [1.165, 1.54) is 5.69 Å². The van der Waals surface area contributed by atoms with Gasteiger partial charge >= 0.3 is 0 Å². The minimum absolute atomic E-state index is 0.0817. The van der Waals surface area contributed by atoms with Crippen LogP contribution in [0.5, 0.6) is 0 Å². The average Bonchev–Trinajstić information content (AvgIpc) is 2.97. The van der Waals surface area contributed by atoms with Crippen LogP contribution in [0.4, 0.5) is 0 Å². The van der Waals surface area contributed by atoms with Crippen LogP contribution in [0.1, 0.15) is 47.4 Å². The van der Waals surface area contributed by atoms with Crippen LogP contribution < -0.4 is 0 Å². The highest BCUT2D eigenvalue weighted by molar-refractivity contribution is 6.11. The lowest BCUT2D eigenvalue weighted by Gasteiger charge is -2.20. The van der Waals surface area contributed by atoms with E-state index in [1.807, 2.05) is 42.6 Å². The Hall–Kier alpha value is -2.09. The minimum Gasteiger partial charge on any atom is -0.345 e. The van der Waals surface area contributed by atoms with Crippen LogP contribution in [0.3, 0.4) is 0 Å². The molecule has 0 fully saturated rings. The molecule has 3 rings (SSSR count). The Morgan fingerprint density at radius 2 is 2.00 bits per heavy atom. The smallest absolute Gasteiger partial charge is 0.195 e. The summed E-state index contributed by atoms with van der Waals surface area (Å²) in [5.74, 6) is 0.0817. The molecule has 2 heteroatoms. The fourth-order valence-electron chi connectivity index (χ4n) is 3.06. The highest BCUT2D eigenvalue weighted by Gasteiger charge is 2.33. The lowest BCUT2D eigenvalue weighted by Crippen LogP contribution is -2.20. The van der Waals surface area contributed by atoms with Crippen LogP contribution >= 0.6 is 0 Å². The number of carbonyl (C=O) groups is 1. The van der Waals surface area contributed by atoms with Gasteiger partial charge in [0.1, 0.15) is 0 Å². The third kappa shape index (κ3) is 1.83. The molecule has 102 valence electrons. The molecule has 2 heterocycles. The molecule has 20 heavy (non-hydrogen) atoms. The minimum atomic E-state index is 0.0817. The van der Waals surface area contributed by atoms with Crippen LogP contribution in [0.2, 0.25) is 0 Å². The third-order valence-corrected chi connectivity index (χ3v) is 4.26. The summed E-state index contributed by atoms with van der Waals surface area (Å²) in [6.45, 7) is 8.33. The maximum Gasteiger partial charge on any atom is 0.195 e. The molecule has 0 N–H and O–H groups in total. The van der Waals surface area contributed by atoms with Crippen molar-refractivity contribution in [2.75, 3.05) is 0 Å². The molecule has 0 radical (unpaired) electrons. The van der Waals surface area contributed by atoms with Crippen molar-refractivity contribution in [1.82, 2.24) is 4.57 Å². The molecular formula is C18H19NO. The lowest BCUT2D eigenvalue weighted by atomic mass is 9.97. The molecule has 0 amide bonds. The van der Waals surface area contributed by atoms with Gasteiger partial charge in [0.05, 0.1) is 0 Å². The zero-order valence-corrected chi connectivity index (χ0v) is 12.0. The Bertz CT molecular complexity index is 677. The van der Waals surface area contributed by atoms with Crippen molar-refractivity contribution >= 4 is 11.9 Å². The quantitative estimate of drug-likeness (QED) is 0.768. The second kappa shape index (κ2) is 4.48. The number of hydrogen-bond acceptors (Lipinski definition) is 1. The van der Waals surface area contributed by atoms with Gasteiger partial charge in [-0.25, -0.2) is 0 Å². The van der Waals surface area contributed by atoms with Gasteiger partial charge in [-0.2, -0.15) is 0 Å². The molecule has 2 aromatic rings. The van der Waals surface area contributed by atoms with Gasteiger partial charge in [-0.15, -0.1) is 0 Å². The predicted molar refractivity (Wildman–Crippen MR) is 82.0 cm³/mol. The standard InChI is InChI=1S/C18H19NO/c1-4-14-15(17(20)13-8-6-5-7-9-13)12-19-16(14)10-11-18(19,2)3/h4-9,12H,1,10-11H2,2-3H3. The monoisotopic (exact) mass is 265 g/mol. The fourth-order valence-corrected chi connectivity index (χ4v) is 3.06. The fraction of sp³-hybridized carbons (Fsp3) is 0.278. The molecule has 0 saturated carbocycles. The zero-order chi connectivity index (χ0) is 14.3. The van der Waals surface area contributed by atoms with Crippen molar-refractivity contribution in [3.05, 3.63) is 65.5 Å². The van der Waals surface area contributed by atoms with Gasteiger partial charge in [0.15, 0.2) is 5.78 Å². The van der Waals surface area contributed by atoms with Crippen molar-refractivity contribution in [3.8, 4) is 0 Å². The molecule has 1 aliphatic heterocycles. The summed E-state index contributed by atoms with van der Waals surface area (Å²) < 4.78 is 2.25. The molecule has 1 aliphatic rings. The normalized spacial score (nSPS) is 15.9. The van der Waals surface area contributed by atoms with Crippen molar-refractivity contribution in [2.24, 2.45) is 0 Å². The first kappa shape index (κ1) is 12.9. The Morgan fingerprint density at radius 3 is 2.65 bits per heavy atom. The van der Waals surface area contributed by atoms with Crippen LogP contribution in [0.25, 0.3) is 6.08 Å². The highest BCUT2D eigenvalue weighted by atomic mass is 16.1. The van der Waals surface area contributed by atoms with Crippen molar-refractivity contribution in [2.45, 2.75) is 32.2 Å². The molecule has 0 bridgehead atoms. The van der Waals surface area contributed by atoms with Crippen LogP contribution in [0, 0.1) is 0 Å². The molecule has 0 atom stereocenters. The molecule has 1 aromatic heterocycles. The second-order valence-electron chi connectivity index (χ2n) is 5.98. The largest absolute Gasteiger partial charge is 0.345 e. The summed E-state index contributed by atoms with van der Waals surface area (Å²) in [5.41, 5.74) is 3.84. The summed E-state index contributed by atoms with van der Waals surface area (Å²) in [6, 6.07) is 9.45. The predicted octanol–water partition coefficient (Wildman–Crippen LogP) is 4.04.